The first-order valence-corrected chi connectivity index (χ1v) is 8.09. The lowest BCUT2D eigenvalue weighted by Gasteiger charge is -2.01. The van der Waals surface area contributed by atoms with Crippen molar-refractivity contribution in [2.45, 2.75) is 6.92 Å². The van der Waals surface area contributed by atoms with Crippen LogP contribution in [-0.4, -0.2) is 16.0 Å². The van der Waals surface area contributed by atoms with Crippen LogP contribution in [0, 0.1) is 11.6 Å². The summed E-state index contributed by atoms with van der Waals surface area (Å²) in [6, 6.07) is 15.1. The number of aryl methyl sites for hydroxylation is 1. The number of nitrogens with one attached hydrogen (secondary N) is 1. The van der Waals surface area contributed by atoms with E-state index in [1.807, 2.05) is 41.9 Å². The third-order valence-corrected chi connectivity index (χ3v) is 4.40. The number of benzene rings is 2. The fourth-order valence-electron chi connectivity index (χ4n) is 2.21. The molecule has 6 heteroatoms. The van der Waals surface area contributed by atoms with E-state index in [0.29, 0.717) is 20.4 Å². The topological polar surface area (TPSA) is 33.1 Å². The molecule has 1 N–H and O–H groups in total. The summed E-state index contributed by atoms with van der Waals surface area (Å²) in [6.45, 7) is 1.95. The van der Waals surface area contributed by atoms with Gasteiger partial charge >= 0.3 is 0 Å². The van der Waals surface area contributed by atoms with Crippen LogP contribution in [0.25, 0.3) is 5.69 Å². The number of aromatic nitrogens is 2. The van der Waals surface area contributed by atoms with E-state index in [0.717, 1.165) is 16.9 Å². The monoisotopic (exact) mass is 361 g/mol. The predicted octanol–water partition coefficient (Wildman–Crippen LogP) is 5.90. The van der Waals surface area contributed by atoms with Crippen LogP contribution in [0.2, 0.25) is 10.0 Å². The highest BCUT2D eigenvalue weighted by Gasteiger charge is 2.08. The maximum atomic E-state index is 6.14. The molecule has 0 bridgehead atoms. The van der Waals surface area contributed by atoms with Gasteiger partial charge in [0.25, 0.3) is 0 Å². The van der Waals surface area contributed by atoms with Crippen LogP contribution in [-0.2, 0) is 0 Å². The Labute approximate surface area is 149 Å². The first-order chi connectivity index (χ1) is 11.1. The molecule has 3 aromatic rings. The van der Waals surface area contributed by atoms with E-state index in [1.165, 1.54) is 0 Å². The Kier molecular flexibility index (Phi) is 4.66. The van der Waals surface area contributed by atoms with Gasteiger partial charge in [0.15, 0.2) is 0 Å². The van der Waals surface area contributed by atoms with E-state index in [9.17, 15) is 0 Å². The minimum atomic E-state index is 0.504. The van der Waals surface area contributed by atoms with Crippen molar-refractivity contribution in [3.05, 3.63) is 74.5 Å². The maximum Gasteiger partial charge on any atom is 0.136 e. The molecule has 1 aromatic heterocycles. The standard InChI is InChI=1S/C17H13Cl2N3S/c1-11-13(10-20-16-14(18)8-5-9-15(16)19)17(23)22(21-11)12-6-3-2-4-7-12/h2-10,21H,1H3. The third-order valence-electron chi connectivity index (χ3n) is 3.39. The number of nitrogens with zero attached hydrogens (tertiary/aromatic N) is 2. The summed E-state index contributed by atoms with van der Waals surface area (Å²) in [5.74, 6) is 0. The van der Waals surface area contributed by atoms with E-state index < -0.39 is 0 Å². The number of rotatable bonds is 3. The molecule has 0 amide bonds. The first kappa shape index (κ1) is 16.0. The van der Waals surface area contributed by atoms with Gasteiger partial charge in [0, 0.05) is 11.9 Å². The van der Waals surface area contributed by atoms with Crippen molar-refractivity contribution < 1.29 is 0 Å². The Morgan fingerprint density at radius 2 is 1.70 bits per heavy atom. The molecule has 1 heterocycles. The minimum Gasteiger partial charge on any atom is -0.297 e. The average Bonchev–Trinajstić information content (AvgIpc) is 2.83. The summed E-state index contributed by atoms with van der Waals surface area (Å²) in [5, 5.41) is 4.26. The van der Waals surface area contributed by atoms with Gasteiger partial charge in [-0.1, -0.05) is 59.7 Å². The summed E-state index contributed by atoms with van der Waals surface area (Å²) in [4.78, 5) is 4.42. The molecule has 2 aromatic carbocycles. The number of halogens is 2. The maximum absolute atomic E-state index is 6.14. The van der Waals surface area contributed by atoms with Crippen molar-refractivity contribution in [3.8, 4) is 5.69 Å². The molecule has 0 aliphatic carbocycles. The molecule has 116 valence electrons. The minimum absolute atomic E-state index is 0.504. The molecule has 0 radical (unpaired) electrons. The molecule has 0 atom stereocenters. The fraction of sp³-hybridized carbons (Fsp3) is 0.0588. The largest absolute Gasteiger partial charge is 0.297 e. The summed E-state index contributed by atoms with van der Waals surface area (Å²) in [7, 11) is 0. The van der Waals surface area contributed by atoms with Crippen LogP contribution >= 0.6 is 35.4 Å². The Hall–Kier alpha value is -1.88. The average molecular weight is 362 g/mol. The molecule has 0 saturated heterocycles. The zero-order valence-electron chi connectivity index (χ0n) is 12.3. The Bertz CT molecular complexity index is 907. The number of para-hydroxylation sites is 2. The van der Waals surface area contributed by atoms with Crippen molar-refractivity contribution >= 4 is 47.3 Å². The van der Waals surface area contributed by atoms with Crippen molar-refractivity contribution in [1.82, 2.24) is 9.78 Å². The smallest absolute Gasteiger partial charge is 0.136 e. The van der Waals surface area contributed by atoms with Gasteiger partial charge in [-0.3, -0.25) is 10.1 Å². The molecule has 3 rings (SSSR count). The van der Waals surface area contributed by atoms with E-state index >= 15 is 0 Å². The van der Waals surface area contributed by atoms with Crippen molar-refractivity contribution in [2.24, 2.45) is 4.99 Å². The van der Waals surface area contributed by atoms with Crippen LogP contribution in [0.15, 0.2) is 53.5 Å². The van der Waals surface area contributed by atoms with Gasteiger partial charge in [0.2, 0.25) is 0 Å². The summed E-state index contributed by atoms with van der Waals surface area (Å²) >= 11 is 17.8. The van der Waals surface area contributed by atoms with Crippen LogP contribution < -0.4 is 0 Å². The van der Waals surface area contributed by atoms with Crippen molar-refractivity contribution in [1.29, 1.82) is 0 Å². The molecule has 0 aliphatic rings. The molecular weight excluding hydrogens is 349 g/mol. The second kappa shape index (κ2) is 6.71. The molecule has 0 spiro atoms. The fourth-order valence-corrected chi connectivity index (χ4v) is 3.06. The van der Waals surface area contributed by atoms with Gasteiger partial charge in [0.1, 0.15) is 10.3 Å². The summed E-state index contributed by atoms with van der Waals surface area (Å²) < 4.78 is 2.50. The SMILES string of the molecule is Cc1[nH]n(-c2ccccc2)c(=S)c1C=Nc1c(Cl)cccc1Cl. The molecule has 23 heavy (non-hydrogen) atoms. The molecule has 0 unspecified atom stereocenters. The van der Waals surface area contributed by atoms with Crippen LogP contribution in [0.3, 0.4) is 0 Å². The normalized spacial score (nSPS) is 11.3. The zero-order valence-corrected chi connectivity index (χ0v) is 14.6. The quantitative estimate of drug-likeness (QED) is 0.457. The lowest BCUT2D eigenvalue weighted by molar-refractivity contribution is 0.853. The number of aromatic amines is 1. The highest BCUT2D eigenvalue weighted by Crippen LogP contribution is 2.32. The van der Waals surface area contributed by atoms with Crippen molar-refractivity contribution in [3.63, 3.8) is 0 Å². The third kappa shape index (κ3) is 3.24. The number of hydrogen-bond acceptors (Lipinski definition) is 2. The second-order valence-electron chi connectivity index (χ2n) is 4.96. The van der Waals surface area contributed by atoms with E-state index in [4.69, 9.17) is 35.4 Å². The van der Waals surface area contributed by atoms with E-state index in [2.05, 4.69) is 10.1 Å². The zero-order chi connectivity index (χ0) is 16.4. The number of H-pyrrole nitrogens is 1. The molecule has 0 fully saturated rings. The van der Waals surface area contributed by atoms with Gasteiger partial charge in [-0.2, -0.15) is 0 Å². The molecule has 0 aliphatic heterocycles. The molecular formula is C17H13Cl2N3S. The van der Waals surface area contributed by atoms with E-state index in [1.54, 1.807) is 24.4 Å². The van der Waals surface area contributed by atoms with Gasteiger partial charge in [0.05, 0.1) is 21.3 Å². The number of aliphatic imine (C=N–C) groups is 1. The summed E-state index contributed by atoms with van der Waals surface area (Å²) in [6.07, 6.45) is 1.70. The first-order valence-electron chi connectivity index (χ1n) is 6.93. The Balaban J connectivity index is 2.04. The predicted molar refractivity (Wildman–Crippen MR) is 99.4 cm³/mol. The summed E-state index contributed by atoms with van der Waals surface area (Å²) in [5.41, 5.74) is 3.26. The van der Waals surface area contributed by atoms with Crippen molar-refractivity contribution in [2.75, 3.05) is 0 Å². The van der Waals surface area contributed by atoms with Crippen LogP contribution in [0.5, 0.6) is 0 Å². The molecule has 3 nitrogen and oxygen atoms in total. The lowest BCUT2D eigenvalue weighted by Crippen LogP contribution is -1.95. The Morgan fingerprint density at radius 1 is 1.04 bits per heavy atom. The highest BCUT2D eigenvalue weighted by molar-refractivity contribution is 7.71. The van der Waals surface area contributed by atoms with Gasteiger partial charge in [-0.25, -0.2) is 4.68 Å². The van der Waals surface area contributed by atoms with Gasteiger partial charge in [-0.05, 0) is 31.2 Å². The molecule has 0 saturated carbocycles. The second-order valence-corrected chi connectivity index (χ2v) is 6.16. The lowest BCUT2D eigenvalue weighted by atomic mass is 10.3. The Morgan fingerprint density at radius 3 is 2.35 bits per heavy atom. The van der Waals surface area contributed by atoms with E-state index in [-0.39, 0.29) is 0 Å². The van der Waals surface area contributed by atoms with Gasteiger partial charge in [-0.15, -0.1) is 0 Å². The van der Waals surface area contributed by atoms with Gasteiger partial charge < -0.3 is 0 Å². The number of hydrogen-bond donors (Lipinski definition) is 1. The highest BCUT2D eigenvalue weighted by atomic mass is 35.5. The van der Waals surface area contributed by atoms with Crippen LogP contribution in [0.1, 0.15) is 11.3 Å². The van der Waals surface area contributed by atoms with Crippen LogP contribution in [0.4, 0.5) is 5.69 Å².